The van der Waals surface area contributed by atoms with Crippen LogP contribution in [0.3, 0.4) is 0 Å². The predicted molar refractivity (Wildman–Crippen MR) is 104 cm³/mol. The van der Waals surface area contributed by atoms with Crippen molar-refractivity contribution in [3.63, 3.8) is 0 Å². The number of halogens is 1. The van der Waals surface area contributed by atoms with Gasteiger partial charge in [-0.05, 0) is 42.8 Å². The number of aromatic nitrogens is 1. The molecular weight excluding hydrogens is 388 g/mol. The zero-order valence-corrected chi connectivity index (χ0v) is 16.2. The van der Waals surface area contributed by atoms with Crippen LogP contribution in [0.4, 0.5) is 0 Å². The predicted octanol–water partition coefficient (Wildman–Crippen LogP) is 3.27. The third-order valence-electron chi connectivity index (χ3n) is 4.09. The van der Waals surface area contributed by atoms with Crippen molar-refractivity contribution in [2.24, 2.45) is 0 Å². The molecule has 0 spiro atoms. The van der Waals surface area contributed by atoms with E-state index in [4.69, 9.17) is 16.3 Å². The summed E-state index contributed by atoms with van der Waals surface area (Å²) in [5.41, 5.74) is 1.73. The summed E-state index contributed by atoms with van der Waals surface area (Å²) in [7, 11) is -3.92. The van der Waals surface area contributed by atoms with E-state index in [1.165, 1.54) is 24.3 Å². The van der Waals surface area contributed by atoms with Crippen LogP contribution in [0, 0.1) is 0 Å². The number of sulfonamides is 1. The molecule has 0 saturated carbocycles. The maximum Gasteiger partial charge on any atom is 0.324 e. The minimum atomic E-state index is -3.92. The number of fused-ring (bicyclic) bond motifs is 1. The van der Waals surface area contributed by atoms with Crippen LogP contribution in [-0.2, 0) is 26.0 Å². The lowest BCUT2D eigenvalue weighted by Gasteiger charge is -2.17. The van der Waals surface area contributed by atoms with Gasteiger partial charge < -0.3 is 9.72 Å². The van der Waals surface area contributed by atoms with Gasteiger partial charge >= 0.3 is 5.97 Å². The first kappa shape index (κ1) is 19.4. The second kappa shape index (κ2) is 8.12. The first-order chi connectivity index (χ1) is 12.9. The lowest BCUT2D eigenvalue weighted by molar-refractivity contribution is -0.145. The summed E-state index contributed by atoms with van der Waals surface area (Å²) in [6.45, 7) is 1.83. The van der Waals surface area contributed by atoms with E-state index in [2.05, 4.69) is 9.71 Å². The number of ether oxygens (including phenoxy) is 1. The van der Waals surface area contributed by atoms with Gasteiger partial charge in [-0.3, -0.25) is 4.79 Å². The molecule has 1 atom stereocenters. The molecule has 1 heterocycles. The molecule has 3 aromatic rings. The Kier molecular flexibility index (Phi) is 5.84. The topological polar surface area (TPSA) is 88.3 Å². The smallest absolute Gasteiger partial charge is 0.324 e. The molecule has 0 aliphatic rings. The van der Waals surface area contributed by atoms with Crippen molar-refractivity contribution < 1.29 is 17.9 Å². The standard InChI is InChI=1S/C19H19ClN2O4S/c1-2-26-19(23)18(11-13-12-21-17-6-4-3-5-16(13)17)22-27(24,25)15-9-7-14(20)8-10-15/h3-10,12,18,21-22H,2,11H2,1H3/t18-/m1/s1. The summed E-state index contributed by atoms with van der Waals surface area (Å²) in [6, 6.07) is 12.3. The third-order valence-corrected chi connectivity index (χ3v) is 5.83. The number of aromatic amines is 1. The normalized spacial score (nSPS) is 12.8. The van der Waals surface area contributed by atoms with Crippen LogP contribution in [0.25, 0.3) is 10.9 Å². The van der Waals surface area contributed by atoms with E-state index in [1.807, 2.05) is 24.3 Å². The van der Waals surface area contributed by atoms with Crippen LogP contribution in [-0.4, -0.2) is 32.0 Å². The maximum atomic E-state index is 12.7. The SMILES string of the molecule is CCOC(=O)[C@@H](Cc1c[nH]c2ccccc12)NS(=O)(=O)c1ccc(Cl)cc1. The molecule has 3 rings (SSSR count). The fourth-order valence-corrected chi connectivity index (χ4v) is 4.12. The second-order valence-corrected chi connectivity index (χ2v) is 8.09. The van der Waals surface area contributed by atoms with Crippen molar-refractivity contribution in [3.8, 4) is 0 Å². The molecule has 0 unspecified atom stereocenters. The summed E-state index contributed by atoms with van der Waals surface area (Å²) >= 11 is 5.82. The Labute approximate surface area is 162 Å². The van der Waals surface area contributed by atoms with E-state index in [-0.39, 0.29) is 17.9 Å². The summed E-state index contributed by atoms with van der Waals surface area (Å²) < 4.78 is 32.9. The summed E-state index contributed by atoms with van der Waals surface area (Å²) in [5.74, 6) is -0.625. The zero-order chi connectivity index (χ0) is 19.4. The number of hydrogen-bond donors (Lipinski definition) is 2. The van der Waals surface area contributed by atoms with Crippen LogP contribution in [0.2, 0.25) is 5.02 Å². The Bertz CT molecular complexity index is 1050. The number of rotatable bonds is 7. The first-order valence-electron chi connectivity index (χ1n) is 8.40. The van der Waals surface area contributed by atoms with Gasteiger partial charge in [0.1, 0.15) is 6.04 Å². The van der Waals surface area contributed by atoms with Gasteiger partial charge in [-0.15, -0.1) is 0 Å². The Morgan fingerprint density at radius 1 is 1.19 bits per heavy atom. The van der Waals surface area contributed by atoms with Gasteiger partial charge in [0, 0.05) is 28.5 Å². The first-order valence-corrected chi connectivity index (χ1v) is 10.3. The third kappa shape index (κ3) is 4.50. The van der Waals surface area contributed by atoms with Crippen LogP contribution in [0.5, 0.6) is 0 Å². The van der Waals surface area contributed by atoms with Crippen LogP contribution < -0.4 is 4.72 Å². The number of H-pyrrole nitrogens is 1. The van der Waals surface area contributed by atoms with E-state index in [1.54, 1.807) is 13.1 Å². The fraction of sp³-hybridized carbons (Fsp3) is 0.211. The fourth-order valence-electron chi connectivity index (χ4n) is 2.81. The molecule has 0 aliphatic heterocycles. The van der Waals surface area contributed by atoms with Crippen LogP contribution in [0.1, 0.15) is 12.5 Å². The minimum Gasteiger partial charge on any atom is -0.465 e. The van der Waals surface area contributed by atoms with Gasteiger partial charge in [-0.1, -0.05) is 29.8 Å². The lowest BCUT2D eigenvalue weighted by atomic mass is 10.1. The molecule has 0 radical (unpaired) electrons. The molecule has 2 N–H and O–H groups in total. The molecule has 6 nitrogen and oxygen atoms in total. The summed E-state index contributed by atoms with van der Waals surface area (Å²) in [5, 5.41) is 1.35. The van der Waals surface area contributed by atoms with Crippen LogP contribution >= 0.6 is 11.6 Å². The van der Waals surface area contributed by atoms with Gasteiger partial charge in [0.05, 0.1) is 11.5 Å². The quantitative estimate of drug-likeness (QED) is 0.589. The molecule has 0 fully saturated rings. The molecule has 0 amide bonds. The zero-order valence-electron chi connectivity index (χ0n) is 14.6. The number of hydrogen-bond acceptors (Lipinski definition) is 4. The Hall–Kier alpha value is -2.35. The maximum absolute atomic E-state index is 12.7. The Morgan fingerprint density at radius 2 is 1.89 bits per heavy atom. The van der Waals surface area contributed by atoms with Crippen molar-refractivity contribution in [1.82, 2.24) is 9.71 Å². The van der Waals surface area contributed by atoms with Crippen molar-refractivity contribution in [1.29, 1.82) is 0 Å². The number of para-hydroxylation sites is 1. The summed E-state index contributed by atoms with van der Waals surface area (Å²) in [6.07, 6.45) is 1.93. The lowest BCUT2D eigenvalue weighted by Crippen LogP contribution is -2.43. The minimum absolute atomic E-state index is 0.0279. The van der Waals surface area contributed by atoms with Crippen LogP contribution in [0.15, 0.2) is 59.6 Å². The monoisotopic (exact) mass is 406 g/mol. The average Bonchev–Trinajstić information content (AvgIpc) is 3.05. The van der Waals surface area contributed by atoms with Crippen molar-refractivity contribution in [2.45, 2.75) is 24.3 Å². The number of nitrogens with one attached hydrogen (secondary N) is 2. The Morgan fingerprint density at radius 3 is 2.59 bits per heavy atom. The highest BCUT2D eigenvalue weighted by molar-refractivity contribution is 7.89. The highest BCUT2D eigenvalue weighted by atomic mass is 35.5. The average molecular weight is 407 g/mol. The van der Waals surface area contributed by atoms with Gasteiger partial charge in [0.15, 0.2) is 0 Å². The van der Waals surface area contributed by atoms with Crippen molar-refractivity contribution >= 4 is 38.5 Å². The Balaban J connectivity index is 1.89. The van der Waals surface area contributed by atoms with Crippen molar-refractivity contribution in [2.75, 3.05) is 6.61 Å². The van der Waals surface area contributed by atoms with Gasteiger partial charge in [-0.2, -0.15) is 4.72 Å². The molecule has 8 heteroatoms. The highest BCUT2D eigenvalue weighted by Gasteiger charge is 2.28. The van der Waals surface area contributed by atoms with Crippen molar-refractivity contribution in [3.05, 3.63) is 65.3 Å². The van der Waals surface area contributed by atoms with E-state index >= 15 is 0 Å². The molecule has 1 aromatic heterocycles. The largest absolute Gasteiger partial charge is 0.465 e. The van der Waals surface area contributed by atoms with Gasteiger partial charge in [-0.25, -0.2) is 8.42 Å². The van der Waals surface area contributed by atoms with E-state index in [9.17, 15) is 13.2 Å². The number of carbonyl (C=O) groups excluding carboxylic acids is 1. The summed E-state index contributed by atoms with van der Waals surface area (Å²) in [4.78, 5) is 15.5. The molecule has 0 saturated heterocycles. The highest BCUT2D eigenvalue weighted by Crippen LogP contribution is 2.21. The van der Waals surface area contributed by atoms with Gasteiger partial charge in [0.25, 0.3) is 0 Å². The number of benzene rings is 2. The number of esters is 1. The van der Waals surface area contributed by atoms with Gasteiger partial charge in [0.2, 0.25) is 10.0 Å². The molecule has 2 aromatic carbocycles. The molecule has 27 heavy (non-hydrogen) atoms. The molecule has 142 valence electrons. The number of carbonyl (C=O) groups is 1. The molecule has 0 aliphatic carbocycles. The van der Waals surface area contributed by atoms with E-state index in [0.717, 1.165) is 16.5 Å². The molecular formula is C19H19ClN2O4S. The van der Waals surface area contributed by atoms with E-state index in [0.29, 0.717) is 5.02 Å². The molecule has 0 bridgehead atoms. The van der Waals surface area contributed by atoms with E-state index < -0.39 is 22.0 Å². The second-order valence-electron chi connectivity index (χ2n) is 5.94.